The largest absolute Gasteiger partial charge is 0.508 e. The highest BCUT2D eigenvalue weighted by Crippen LogP contribution is 2.27. The lowest BCUT2D eigenvalue weighted by atomic mass is 9.87. The van der Waals surface area contributed by atoms with E-state index < -0.39 is 17.9 Å². The summed E-state index contributed by atoms with van der Waals surface area (Å²) in [5.74, 6) is -0.0690. The predicted octanol–water partition coefficient (Wildman–Crippen LogP) is 4.05. The van der Waals surface area contributed by atoms with Gasteiger partial charge in [-0.25, -0.2) is 4.68 Å². The number of amides is 2. The number of carbonyl (C=O) groups excluding carboxylic acids is 2. The van der Waals surface area contributed by atoms with E-state index in [1.54, 1.807) is 24.5 Å². The molecule has 4 aromatic rings. The van der Waals surface area contributed by atoms with Crippen LogP contribution in [0.25, 0.3) is 16.9 Å². The maximum atomic E-state index is 13.0. The molecule has 2 amide bonds. The molecule has 43 heavy (non-hydrogen) atoms. The van der Waals surface area contributed by atoms with Gasteiger partial charge in [0, 0.05) is 37.0 Å². The number of hydrogen-bond donors (Lipinski definition) is 4. The van der Waals surface area contributed by atoms with Crippen molar-refractivity contribution in [2.45, 2.75) is 51.5 Å². The van der Waals surface area contributed by atoms with Crippen LogP contribution in [-0.2, 0) is 21.4 Å². The molecular weight excluding hydrogens is 544 g/mol. The maximum Gasteiger partial charge on any atom is 0.246 e. The first-order chi connectivity index (χ1) is 20.6. The molecule has 10 heteroatoms. The molecule has 2 aromatic heterocycles. The van der Waals surface area contributed by atoms with Crippen molar-refractivity contribution in [1.29, 1.82) is 0 Å². The number of phenols is 1. The zero-order valence-electron chi connectivity index (χ0n) is 24.9. The lowest BCUT2D eigenvalue weighted by Crippen LogP contribution is -2.48. The van der Waals surface area contributed by atoms with Gasteiger partial charge in [-0.1, -0.05) is 45.0 Å². The molecule has 5 N–H and O–H groups in total. The molecule has 0 saturated heterocycles. The van der Waals surface area contributed by atoms with Crippen molar-refractivity contribution in [2.75, 3.05) is 25.0 Å². The highest BCUT2D eigenvalue weighted by atomic mass is 16.3. The quantitative estimate of drug-likeness (QED) is 0.183. The number of nitrogens with two attached hydrogens (primary N) is 1. The average molecular weight is 585 g/mol. The fourth-order valence-electron chi connectivity index (χ4n) is 4.68. The van der Waals surface area contributed by atoms with E-state index >= 15 is 0 Å². The van der Waals surface area contributed by atoms with Crippen LogP contribution in [0.5, 0.6) is 5.75 Å². The third kappa shape index (κ3) is 8.27. The van der Waals surface area contributed by atoms with Crippen LogP contribution in [0.1, 0.15) is 44.7 Å². The summed E-state index contributed by atoms with van der Waals surface area (Å²) in [7, 11) is 0. The number of pyridine rings is 1. The van der Waals surface area contributed by atoms with Crippen LogP contribution in [-0.4, -0.2) is 67.4 Å². The van der Waals surface area contributed by atoms with Crippen molar-refractivity contribution in [3.8, 4) is 22.7 Å². The summed E-state index contributed by atoms with van der Waals surface area (Å²) >= 11 is 0. The maximum absolute atomic E-state index is 13.0. The minimum absolute atomic E-state index is 0.0257. The Morgan fingerprint density at radius 1 is 1.07 bits per heavy atom. The Morgan fingerprint density at radius 3 is 2.42 bits per heavy atom. The van der Waals surface area contributed by atoms with Gasteiger partial charge in [-0.2, -0.15) is 5.10 Å². The molecule has 0 saturated carbocycles. The highest BCUT2D eigenvalue weighted by Gasteiger charge is 2.26. The Bertz CT molecular complexity index is 1500. The number of benzene rings is 2. The van der Waals surface area contributed by atoms with Gasteiger partial charge < -0.3 is 21.3 Å². The third-order valence-electron chi connectivity index (χ3n) is 7.12. The lowest BCUT2D eigenvalue weighted by molar-refractivity contribution is -0.146. The molecule has 2 heterocycles. The number of carbonyl (C=O) groups is 2. The third-order valence-corrected chi connectivity index (χ3v) is 7.12. The number of aromatic hydroxyl groups is 1. The van der Waals surface area contributed by atoms with Gasteiger partial charge >= 0.3 is 0 Å². The molecule has 226 valence electrons. The summed E-state index contributed by atoms with van der Waals surface area (Å²) in [4.78, 5) is 31.3. The van der Waals surface area contributed by atoms with Gasteiger partial charge in [0.05, 0.1) is 30.6 Å². The lowest BCUT2D eigenvalue weighted by Gasteiger charge is -2.23. The van der Waals surface area contributed by atoms with Crippen LogP contribution in [0.3, 0.4) is 0 Å². The van der Waals surface area contributed by atoms with E-state index in [1.807, 2.05) is 35.0 Å². The average Bonchev–Trinajstić information content (AvgIpc) is 3.43. The molecule has 0 aliphatic rings. The van der Waals surface area contributed by atoms with Crippen molar-refractivity contribution in [2.24, 2.45) is 5.73 Å². The van der Waals surface area contributed by atoms with Crippen molar-refractivity contribution in [3.05, 3.63) is 90.3 Å². The smallest absolute Gasteiger partial charge is 0.246 e. The van der Waals surface area contributed by atoms with Crippen LogP contribution >= 0.6 is 0 Å². The molecule has 1 atom stereocenters. The van der Waals surface area contributed by atoms with E-state index in [2.05, 4.69) is 43.2 Å². The second kappa shape index (κ2) is 14.1. The number of nitrogens with one attached hydrogen (secondary N) is 1. The number of aliphatic hydroxyl groups is 1. The van der Waals surface area contributed by atoms with Gasteiger partial charge in [0.15, 0.2) is 0 Å². The topological polar surface area (TPSA) is 147 Å². The summed E-state index contributed by atoms with van der Waals surface area (Å²) in [5, 5.41) is 27.2. The van der Waals surface area contributed by atoms with Crippen molar-refractivity contribution >= 4 is 17.6 Å². The number of anilines is 1. The predicted molar refractivity (Wildman–Crippen MR) is 167 cm³/mol. The summed E-state index contributed by atoms with van der Waals surface area (Å²) < 4.78 is 1.83. The minimum Gasteiger partial charge on any atom is -0.508 e. The Morgan fingerprint density at radius 2 is 1.79 bits per heavy atom. The number of nitrogens with zero attached hydrogens (tertiary/aromatic N) is 4. The van der Waals surface area contributed by atoms with Crippen LogP contribution in [0.2, 0.25) is 0 Å². The first-order valence-electron chi connectivity index (χ1n) is 14.4. The van der Waals surface area contributed by atoms with Gasteiger partial charge in [0.1, 0.15) is 11.6 Å². The molecule has 0 aliphatic heterocycles. The summed E-state index contributed by atoms with van der Waals surface area (Å²) in [5.41, 5.74) is 10.7. The van der Waals surface area contributed by atoms with E-state index in [4.69, 9.17) is 10.8 Å². The summed E-state index contributed by atoms with van der Waals surface area (Å²) in [6.07, 6.45) is 4.21. The zero-order valence-corrected chi connectivity index (χ0v) is 24.9. The van der Waals surface area contributed by atoms with Crippen LogP contribution in [0.15, 0.2) is 79.1 Å². The number of aliphatic hydroxyl groups excluding tert-OH is 1. The second-order valence-electron chi connectivity index (χ2n) is 11.5. The van der Waals surface area contributed by atoms with Crippen LogP contribution in [0.4, 0.5) is 5.82 Å². The molecule has 0 fully saturated rings. The van der Waals surface area contributed by atoms with Gasteiger partial charge in [-0.15, -0.1) is 0 Å². The highest BCUT2D eigenvalue weighted by molar-refractivity contribution is 5.97. The Balaban J connectivity index is 1.42. The Kier molecular flexibility index (Phi) is 10.3. The molecule has 0 radical (unpaired) electrons. The second-order valence-corrected chi connectivity index (χ2v) is 11.5. The molecule has 0 spiro atoms. The molecule has 0 aliphatic carbocycles. The monoisotopic (exact) mass is 584 g/mol. The van der Waals surface area contributed by atoms with Crippen molar-refractivity contribution in [3.63, 3.8) is 0 Å². The summed E-state index contributed by atoms with van der Waals surface area (Å²) in [6, 6.07) is 19.5. The zero-order chi connectivity index (χ0) is 31.0. The normalized spacial score (nSPS) is 12.1. The van der Waals surface area contributed by atoms with Crippen LogP contribution < -0.4 is 11.1 Å². The van der Waals surface area contributed by atoms with Crippen molar-refractivity contribution in [1.82, 2.24) is 19.7 Å². The molecule has 2 aromatic carbocycles. The molecule has 1 unspecified atom stereocenters. The van der Waals surface area contributed by atoms with Crippen LogP contribution in [0, 0.1) is 0 Å². The number of aromatic nitrogens is 3. The Labute approximate surface area is 252 Å². The van der Waals surface area contributed by atoms with E-state index in [9.17, 15) is 19.8 Å². The van der Waals surface area contributed by atoms with E-state index in [0.29, 0.717) is 13.0 Å². The number of imide groups is 1. The molecule has 10 nitrogen and oxygen atoms in total. The number of rotatable bonds is 12. The molecular formula is C33H40N6O4. The molecule has 0 bridgehead atoms. The fourth-order valence-corrected chi connectivity index (χ4v) is 4.68. The van der Waals surface area contributed by atoms with Gasteiger partial charge in [-0.05, 0) is 65.8 Å². The summed E-state index contributed by atoms with van der Waals surface area (Å²) in [6.45, 7) is 6.48. The first kappa shape index (κ1) is 31.4. The fraction of sp³-hybridized carbons (Fsp3) is 0.333. The first-order valence-corrected chi connectivity index (χ1v) is 14.4. The van der Waals surface area contributed by atoms with E-state index in [1.165, 1.54) is 17.7 Å². The van der Waals surface area contributed by atoms with E-state index in [0.717, 1.165) is 33.2 Å². The van der Waals surface area contributed by atoms with Gasteiger partial charge in [-0.3, -0.25) is 19.5 Å². The number of hydrogen-bond acceptors (Lipinski definition) is 8. The van der Waals surface area contributed by atoms with Gasteiger partial charge in [0.2, 0.25) is 11.8 Å². The minimum atomic E-state index is -0.955. The Hall–Kier alpha value is -4.54. The van der Waals surface area contributed by atoms with E-state index in [-0.39, 0.29) is 37.2 Å². The molecule has 4 rings (SSSR count). The number of phenolic OH excluding ortho intramolecular Hbond substituents is 1. The van der Waals surface area contributed by atoms with Gasteiger partial charge in [0.25, 0.3) is 0 Å². The standard InChI is InChI=1S/C33H40N6O4/c1-33(2,3)25-10-12-26(13-11-25)39-30(21-29(37-39)24-6-4-16-35-22-24)36-17-5-7-31(42)38(18-19-40)32(43)28(34)20-23-8-14-27(41)15-9-23/h4,6,8-16,21-22,28,36,40-41H,5,7,17-20,34H2,1-3H3. The SMILES string of the molecule is CC(C)(C)c1ccc(-n2nc(-c3cccnc3)cc2NCCCC(=O)N(CCO)C(=O)C(N)Cc2ccc(O)cc2)cc1. The van der Waals surface area contributed by atoms with Crippen molar-refractivity contribution < 1.29 is 19.8 Å².